The predicted molar refractivity (Wildman–Crippen MR) is 116 cm³/mol. The number of carbonyl (C=O) groups excluding carboxylic acids is 3. The lowest BCUT2D eigenvalue weighted by Gasteiger charge is -2.41. The fourth-order valence-corrected chi connectivity index (χ4v) is 5.12. The van der Waals surface area contributed by atoms with Crippen LogP contribution in [0.3, 0.4) is 0 Å². The second kappa shape index (κ2) is 10.8. The topological polar surface area (TPSA) is 91.0 Å². The lowest BCUT2D eigenvalue weighted by molar-refractivity contribution is -0.133. The smallest absolute Gasteiger partial charge is 0.239 e. The summed E-state index contributed by atoms with van der Waals surface area (Å²) in [6.07, 6.45) is 8.55. The number of amides is 3. The average molecular weight is 435 g/mol. The summed E-state index contributed by atoms with van der Waals surface area (Å²) in [7, 11) is 0. The molecule has 4 fully saturated rings. The van der Waals surface area contributed by atoms with Crippen LogP contribution < -0.4 is 10.6 Å². The van der Waals surface area contributed by atoms with Gasteiger partial charge >= 0.3 is 0 Å². The molecule has 2 N–H and O–H groups in total. The lowest BCUT2D eigenvalue weighted by atomic mass is 9.92. The molecule has 0 aromatic rings. The minimum atomic E-state index is -0.0776. The molecule has 0 bridgehead atoms. The molecule has 8 heteroatoms. The van der Waals surface area contributed by atoms with Crippen molar-refractivity contribution in [3.8, 4) is 0 Å². The summed E-state index contributed by atoms with van der Waals surface area (Å²) in [5, 5.41) is 5.71. The minimum Gasteiger partial charge on any atom is -0.381 e. The SMILES string of the molecule is O=C(CNC(=O)C1CCN(C2CCN(C(=O)CCC3CCOC3)CC2)CC1)NC1CC1. The fourth-order valence-electron chi connectivity index (χ4n) is 5.12. The highest BCUT2D eigenvalue weighted by Gasteiger charge is 2.32. The Labute approximate surface area is 185 Å². The fraction of sp³-hybridized carbons (Fsp3) is 0.870. The van der Waals surface area contributed by atoms with Crippen LogP contribution in [0, 0.1) is 11.8 Å². The third-order valence-electron chi connectivity index (χ3n) is 7.39. The van der Waals surface area contributed by atoms with E-state index >= 15 is 0 Å². The average Bonchev–Trinajstić information content (AvgIpc) is 3.45. The second-order valence-corrected chi connectivity index (χ2v) is 9.75. The Hall–Kier alpha value is -1.67. The minimum absolute atomic E-state index is 0.00575. The number of nitrogens with zero attached hydrogens (tertiary/aromatic N) is 2. The highest BCUT2D eigenvalue weighted by Crippen LogP contribution is 2.25. The molecule has 1 aliphatic carbocycles. The zero-order valence-corrected chi connectivity index (χ0v) is 18.7. The molecule has 0 radical (unpaired) electrons. The van der Waals surface area contributed by atoms with E-state index in [1.165, 1.54) is 0 Å². The molecule has 4 rings (SSSR count). The maximum atomic E-state index is 12.5. The van der Waals surface area contributed by atoms with Gasteiger partial charge in [0.05, 0.1) is 6.54 Å². The van der Waals surface area contributed by atoms with Gasteiger partial charge in [-0.05, 0) is 70.4 Å². The molecular weight excluding hydrogens is 396 g/mol. The number of piperidine rings is 2. The maximum Gasteiger partial charge on any atom is 0.239 e. The lowest BCUT2D eigenvalue weighted by Crippen LogP contribution is -2.50. The van der Waals surface area contributed by atoms with Crippen molar-refractivity contribution in [1.29, 1.82) is 0 Å². The third-order valence-corrected chi connectivity index (χ3v) is 7.39. The van der Waals surface area contributed by atoms with Crippen LogP contribution in [0.5, 0.6) is 0 Å². The number of hydrogen-bond donors (Lipinski definition) is 2. The molecule has 1 unspecified atom stereocenters. The van der Waals surface area contributed by atoms with E-state index in [-0.39, 0.29) is 24.3 Å². The van der Waals surface area contributed by atoms with E-state index < -0.39 is 0 Å². The van der Waals surface area contributed by atoms with Crippen molar-refractivity contribution >= 4 is 17.7 Å². The van der Waals surface area contributed by atoms with Gasteiger partial charge < -0.3 is 25.2 Å². The Morgan fingerprint density at radius 1 is 0.903 bits per heavy atom. The summed E-state index contributed by atoms with van der Waals surface area (Å²) in [5.41, 5.74) is 0. The number of carbonyl (C=O) groups is 3. The van der Waals surface area contributed by atoms with Gasteiger partial charge in [0.1, 0.15) is 0 Å². The van der Waals surface area contributed by atoms with Crippen LogP contribution in [-0.4, -0.2) is 85.5 Å². The van der Waals surface area contributed by atoms with Crippen molar-refractivity contribution in [1.82, 2.24) is 20.4 Å². The summed E-state index contributed by atoms with van der Waals surface area (Å²) in [6, 6.07) is 0.844. The summed E-state index contributed by atoms with van der Waals surface area (Å²) in [6.45, 7) is 5.30. The Bertz CT molecular complexity index is 631. The molecule has 3 aliphatic heterocycles. The van der Waals surface area contributed by atoms with Gasteiger partial charge in [-0.25, -0.2) is 0 Å². The first-order valence-electron chi connectivity index (χ1n) is 12.2. The van der Waals surface area contributed by atoms with Crippen LogP contribution in [0.2, 0.25) is 0 Å². The number of rotatable bonds is 8. The van der Waals surface area contributed by atoms with Crippen LogP contribution >= 0.6 is 0 Å². The molecule has 3 amide bonds. The standard InChI is InChI=1S/C23H38N4O4/c28-21(25-19-2-3-19)15-24-23(30)18-5-10-26(11-6-18)20-7-12-27(13-8-20)22(29)4-1-17-9-14-31-16-17/h17-20H,1-16H2,(H,24,30)(H,25,28). The number of ether oxygens (including phenoxy) is 1. The van der Waals surface area contributed by atoms with E-state index in [0.717, 1.165) is 90.8 Å². The van der Waals surface area contributed by atoms with E-state index in [4.69, 9.17) is 4.74 Å². The van der Waals surface area contributed by atoms with Gasteiger partial charge in [0.25, 0.3) is 0 Å². The molecule has 0 spiro atoms. The van der Waals surface area contributed by atoms with Crippen molar-refractivity contribution in [3.05, 3.63) is 0 Å². The molecule has 1 atom stereocenters. The first kappa shape index (κ1) is 22.5. The molecule has 0 aromatic heterocycles. The van der Waals surface area contributed by atoms with Crippen molar-refractivity contribution in [3.63, 3.8) is 0 Å². The van der Waals surface area contributed by atoms with Crippen LogP contribution in [-0.2, 0) is 19.1 Å². The Balaban J connectivity index is 1.10. The molecule has 0 aromatic carbocycles. The molecule has 1 saturated carbocycles. The second-order valence-electron chi connectivity index (χ2n) is 9.75. The van der Waals surface area contributed by atoms with Crippen LogP contribution in [0.25, 0.3) is 0 Å². The zero-order valence-electron chi connectivity index (χ0n) is 18.7. The quantitative estimate of drug-likeness (QED) is 0.592. The first-order valence-corrected chi connectivity index (χ1v) is 12.2. The molecule has 31 heavy (non-hydrogen) atoms. The first-order chi connectivity index (χ1) is 15.1. The third kappa shape index (κ3) is 6.65. The molecule has 3 heterocycles. The largest absolute Gasteiger partial charge is 0.381 e. The van der Waals surface area contributed by atoms with Gasteiger partial charge in [0.2, 0.25) is 17.7 Å². The van der Waals surface area contributed by atoms with Crippen LogP contribution in [0.15, 0.2) is 0 Å². The van der Waals surface area contributed by atoms with Gasteiger partial charge in [0, 0.05) is 50.7 Å². The van der Waals surface area contributed by atoms with Gasteiger partial charge in [-0.2, -0.15) is 0 Å². The molecule has 8 nitrogen and oxygen atoms in total. The zero-order chi connectivity index (χ0) is 21.6. The van der Waals surface area contributed by atoms with E-state index in [1.54, 1.807) is 0 Å². The summed E-state index contributed by atoms with van der Waals surface area (Å²) in [5.74, 6) is 0.801. The van der Waals surface area contributed by atoms with Crippen molar-refractivity contribution < 1.29 is 19.1 Å². The van der Waals surface area contributed by atoms with Gasteiger partial charge in [0.15, 0.2) is 0 Å². The van der Waals surface area contributed by atoms with E-state index in [1.807, 2.05) is 4.90 Å². The Kier molecular flexibility index (Phi) is 7.82. The van der Waals surface area contributed by atoms with Crippen molar-refractivity contribution in [2.24, 2.45) is 11.8 Å². The molecule has 174 valence electrons. The summed E-state index contributed by atoms with van der Waals surface area (Å²) >= 11 is 0. The van der Waals surface area contributed by atoms with Gasteiger partial charge in [-0.15, -0.1) is 0 Å². The Morgan fingerprint density at radius 3 is 2.29 bits per heavy atom. The van der Waals surface area contributed by atoms with Crippen molar-refractivity contribution in [2.45, 2.75) is 69.9 Å². The van der Waals surface area contributed by atoms with E-state index in [2.05, 4.69) is 15.5 Å². The highest BCUT2D eigenvalue weighted by atomic mass is 16.5. The molecule has 4 aliphatic rings. The van der Waals surface area contributed by atoms with Gasteiger partial charge in [-0.3, -0.25) is 14.4 Å². The predicted octanol–water partition coefficient (Wildman–Crippen LogP) is 0.901. The van der Waals surface area contributed by atoms with Crippen LogP contribution in [0.1, 0.15) is 57.8 Å². The van der Waals surface area contributed by atoms with Gasteiger partial charge in [-0.1, -0.05) is 0 Å². The summed E-state index contributed by atoms with van der Waals surface area (Å²) in [4.78, 5) is 41.2. The molecule has 3 saturated heterocycles. The highest BCUT2D eigenvalue weighted by molar-refractivity contribution is 5.86. The summed E-state index contributed by atoms with van der Waals surface area (Å²) < 4.78 is 5.41. The number of nitrogens with one attached hydrogen (secondary N) is 2. The van der Waals surface area contributed by atoms with Crippen LogP contribution in [0.4, 0.5) is 0 Å². The van der Waals surface area contributed by atoms with E-state index in [9.17, 15) is 14.4 Å². The Morgan fingerprint density at radius 2 is 1.65 bits per heavy atom. The normalized spacial score (nSPS) is 26.1. The maximum absolute atomic E-state index is 12.5. The number of hydrogen-bond acceptors (Lipinski definition) is 5. The van der Waals surface area contributed by atoms with Crippen molar-refractivity contribution in [2.75, 3.05) is 45.9 Å². The monoisotopic (exact) mass is 434 g/mol. The van der Waals surface area contributed by atoms with E-state index in [0.29, 0.717) is 30.3 Å². The molecular formula is C23H38N4O4. The number of likely N-dealkylation sites (tertiary alicyclic amines) is 2.